The highest BCUT2D eigenvalue weighted by Gasteiger charge is 2.35. The van der Waals surface area contributed by atoms with Gasteiger partial charge in [-0.15, -0.1) is 0 Å². The molecule has 9 nitrogen and oxygen atoms in total. The number of halogens is 1. The minimum atomic E-state index is -0.529. The number of rotatable bonds is 11. The quantitative estimate of drug-likeness (QED) is 0.484. The van der Waals surface area contributed by atoms with Crippen LogP contribution in [0.15, 0.2) is 47.6 Å². The monoisotopic (exact) mass is 487 g/mol. The van der Waals surface area contributed by atoms with Crippen molar-refractivity contribution in [3.05, 3.63) is 59.4 Å². The normalized spacial score (nSPS) is 15.1. The van der Waals surface area contributed by atoms with Crippen LogP contribution in [-0.2, 0) is 19.1 Å². The van der Waals surface area contributed by atoms with E-state index >= 15 is 0 Å². The van der Waals surface area contributed by atoms with E-state index in [1.165, 1.54) is 44.4 Å². The lowest BCUT2D eigenvalue weighted by molar-refractivity contribution is -0.144. The Morgan fingerprint density at radius 1 is 1.06 bits per heavy atom. The topological polar surface area (TPSA) is 89.9 Å². The van der Waals surface area contributed by atoms with Gasteiger partial charge in [-0.05, 0) is 23.8 Å². The minimum Gasteiger partial charge on any atom is -0.493 e. The van der Waals surface area contributed by atoms with Gasteiger partial charge < -0.3 is 23.8 Å². The summed E-state index contributed by atoms with van der Waals surface area (Å²) in [5.41, 5.74) is 1.49. The van der Waals surface area contributed by atoms with Gasteiger partial charge in [0.25, 0.3) is 5.91 Å². The van der Waals surface area contributed by atoms with Crippen LogP contribution >= 0.6 is 0 Å². The van der Waals surface area contributed by atoms with E-state index in [1.54, 1.807) is 30.3 Å². The summed E-state index contributed by atoms with van der Waals surface area (Å²) in [7, 11) is 5.98. The molecule has 2 amide bonds. The second kappa shape index (κ2) is 12.3. The Kier molecular flexibility index (Phi) is 9.16. The number of hydrogen-bond acceptors (Lipinski definition) is 7. The zero-order valence-electron chi connectivity index (χ0n) is 20.3. The molecule has 0 aliphatic carbocycles. The van der Waals surface area contributed by atoms with Crippen molar-refractivity contribution >= 4 is 17.5 Å². The van der Waals surface area contributed by atoms with Crippen LogP contribution in [0.25, 0.3) is 0 Å². The molecule has 35 heavy (non-hydrogen) atoms. The fraction of sp³-hybridized carbons (Fsp3) is 0.400. The third-order valence-corrected chi connectivity index (χ3v) is 5.65. The number of hydrogen-bond donors (Lipinski definition) is 0. The summed E-state index contributed by atoms with van der Waals surface area (Å²) >= 11 is 0. The van der Waals surface area contributed by atoms with E-state index in [0.29, 0.717) is 22.8 Å². The van der Waals surface area contributed by atoms with Gasteiger partial charge in [0.1, 0.15) is 19.0 Å². The molecule has 3 rings (SSSR count). The lowest BCUT2D eigenvalue weighted by Crippen LogP contribution is -2.44. The highest BCUT2D eigenvalue weighted by atomic mass is 19.1. The van der Waals surface area contributed by atoms with Crippen molar-refractivity contribution in [2.24, 2.45) is 5.10 Å². The summed E-state index contributed by atoms with van der Waals surface area (Å²) in [6.07, 6.45) is 0.284. The van der Waals surface area contributed by atoms with Crippen molar-refractivity contribution in [1.29, 1.82) is 0 Å². The van der Waals surface area contributed by atoms with E-state index in [1.807, 2.05) is 6.07 Å². The Bertz CT molecular complexity index is 1080. The Labute approximate surface area is 204 Å². The predicted molar refractivity (Wildman–Crippen MR) is 127 cm³/mol. The van der Waals surface area contributed by atoms with Gasteiger partial charge >= 0.3 is 0 Å². The van der Waals surface area contributed by atoms with Gasteiger partial charge in [0.2, 0.25) is 5.91 Å². The first kappa shape index (κ1) is 26.1. The maximum Gasteiger partial charge on any atom is 0.262 e. The van der Waals surface area contributed by atoms with Gasteiger partial charge in [0, 0.05) is 32.7 Å². The van der Waals surface area contributed by atoms with Crippen molar-refractivity contribution in [2.45, 2.75) is 12.5 Å². The number of amides is 2. The molecule has 188 valence electrons. The maximum atomic E-state index is 14.6. The molecule has 1 aliphatic rings. The van der Waals surface area contributed by atoms with Crippen LogP contribution < -0.4 is 9.47 Å². The van der Waals surface area contributed by atoms with E-state index in [9.17, 15) is 14.0 Å². The second-order valence-electron chi connectivity index (χ2n) is 7.84. The first-order valence-corrected chi connectivity index (χ1v) is 11.1. The standard InChI is InChI=1S/C25H30FN3O6/c1-32-12-11-28(25(31)16-33-2)15-24(30)29-21(17-9-10-22(34-3)23(13-17)35-4)14-20(27-29)18-7-5-6-8-19(18)26/h5-10,13,21H,11-12,14-16H2,1-4H3/t21-/m0/s1. The summed E-state index contributed by atoms with van der Waals surface area (Å²) in [4.78, 5) is 27.3. The number of benzene rings is 2. The van der Waals surface area contributed by atoms with Crippen molar-refractivity contribution in [1.82, 2.24) is 9.91 Å². The molecule has 0 radical (unpaired) electrons. The van der Waals surface area contributed by atoms with Gasteiger partial charge in [0.15, 0.2) is 11.5 Å². The first-order valence-electron chi connectivity index (χ1n) is 11.1. The van der Waals surface area contributed by atoms with Crippen molar-refractivity contribution in [3.63, 3.8) is 0 Å². The molecule has 1 aliphatic heterocycles. The first-order chi connectivity index (χ1) is 16.9. The average molecular weight is 488 g/mol. The van der Waals surface area contributed by atoms with E-state index in [0.717, 1.165) is 5.56 Å². The van der Waals surface area contributed by atoms with E-state index < -0.39 is 17.8 Å². The molecule has 0 bridgehead atoms. The van der Waals surface area contributed by atoms with Crippen LogP contribution in [0.2, 0.25) is 0 Å². The Balaban J connectivity index is 1.96. The molecule has 0 fully saturated rings. The smallest absolute Gasteiger partial charge is 0.262 e. The molecule has 0 aromatic heterocycles. The summed E-state index contributed by atoms with van der Waals surface area (Å²) in [5, 5.41) is 5.81. The van der Waals surface area contributed by atoms with Gasteiger partial charge in [-0.3, -0.25) is 9.59 Å². The largest absolute Gasteiger partial charge is 0.493 e. The Morgan fingerprint density at radius 2 is 1.80 bits per heavy atom. The fourth-order valence-corrected chi connectivity index (χ4v) is 3.86. The SMILES string of the molecule is COCCN(CC(=O)N1N=C(c2ccccc2F)C[C@H]1c1ccc(OC)c(OC)c1)C(=O)COC. The van der Waals surface area contributed by atoms with Crippen LogP contribution in [0.5, 0.6) is 11.5 Å². The van der Waals surface area contributed by atoms with E-state index in [-0.39, 0.29) is 38.6 Å². The molecule has 2 aromatic rings. The summed E-state index contributed by atoms with van der Waals surface area (Å²) in [6, 6.07) is 11.1. The summed E-state index contributed by atoms with van der Waals surface area (Å²) in [6.45, 7) is 0.0675. The fourth-order valence-electron chi connectivity index (χ4n) is 3.86. The van der Waals surface area contributed by atoms with Gasteiger partial charge in [-0.1, -0.05) is 24.3 Å². The number of nitrogens with zero attached hydrogens (tertiary/aromatic N) is 3. The van der Waals surface area contributed by atoms with Crippen LogP contribution in [-0.4, -0.2) is 82.2 Å². The number of methoxy groups -OCH3 is 4. The summed E-state index contributed by atoms with van der Waals surface area (Å²) < 4.78 is 35.3. The molecule has 1 atom stereocenters. The molecular formula is C25H30FN3O6. The summed E-state index contributed by atoms with van der Waals surface area (Å²) in [5.74, 6) is -0.162. The molecule has 0 spiro atoms. The van der Waals surface area contributed by atoms with E-state index in [2.05, 4.69) is 5.10 Å². The highest BCUT2D eigenvalue weighted by Crippen LogP contribution is 2.37. The molecule has 0 unspecified atom stereocenters. The van der Waals surface area contributed by atoms with Crippen molar-refractivity contribution in [2.75, 3.05) is 54.7 Å². The third-order valence-electron chi connectivity index (χ3n) is 5.65. The molecule has 2 aromatic carbocycles. The zero-order valence-corrected chi connectivity index (χ0v) is 20.3. The van der Waals surface area contributed by atoms with Gasteiger partial charge in [-0.25, -0.2) is 9.40 Å². The number of carbonyl (C=O) groups excluding carboxylic acids is 2. The van der Waals surface area contributed by atoms with Crippen LogP contribution in [0.4, 0.5) is 4.39 Å². The highest BCUT2D eigenvalue weighted by molar-refractivity contribution is 6.03. The molecule has 0 saturated carbocycles. The van der Waals surface area contributed by atoms with Crippen LogP contribution in [0.3, 0.4) is 0 Å². The average Bonchev–Trinajstić information content (AvgIpc) is 3.31. The molecule has 10 heteroatoms. The molecule has 1 heterocycles. The Morgan fingerprint density at radius 3 is 2.46 bits per heavy atom. The van der Waals surface area contributed by atoms with Crippen LogP contribution in [0.1, 0.15) is 23.6 Å². The zero-order chi connectivity index (χ0) is 25.4. The number of carbonyl (C=O) groups is 2. The van der Waals surface area contributed by atoms with Crippen molar-refractivity contribution in [3.8, 4) is 11.5 Å². The van der Waals surface area contributed by atoms with Crippen LogP contribution in [0, 0.1) is 5.82 Å². The number of hydrazone groups is 1. The van der Waals surface area contributed by atoms with E-state index in [4.69, 9.17) is 18.9 Å². The lowest BCUT2D eigenvalue weighted by Gasteiger charge is -2.27. The third kappa shape index (κ3) is 6.14. The van der Waals surface area contributed by atoms with Gasteiger partial charge in [0.05, 0.1) is 32.6 Å². The predicted octanol–water partition coefficient (Wildman–Crippen LogP) is 2.64. The Hall–Kier alpha value is -3.50. The second-order valence-corrected chi connectivity index (χ2v) is 7.84. The molecule has 0 saturated heterocycles. The lowest BCUT2D eigenvalue weighted by atomic mass is 9.97. The maximum absolute atomic E-state index is 14.6. The van der Waals surface area contributed by atoms with Gasteiger partial charge in [-0.2, -0.15) is 5.10 Å². The van der Waals surface area contributed by atoms with Crippen molar-refractivity contribution < 1.29 is 32.9 Å². The molecular weight excluding hydrogens is 457 g/mol. The molecule has 0 N–H and O–H groups in total. The number of ether oxygens (including phenoxy) is 4. The minimum absolute atomic E-state index is 0.167.